The molecule has 0 aliphatic heterocycles. The normalized spacial score (nSPS) is 17.2. The van der Waals surface area contributed by atoms with Gasteiger partial charge in [0.25, 0.3) is 0 Å². The van der Waals surface area contributed by atoms with Crippen LogP contribution >= 0.6 is 0 Å². The van der Waals surface area contributed by atoms with Crippen LogP contribution in [0.1, 0.15) is 44.9 Å². The predicted octanol–water partition coefficient (Wildman–Crippen LogP) is 3.64. The van der Waals surface area contributed by atoms with Crippen LogP contribution in [-0.4, -0.2) is 14.3 Å². The molecule has 0 aromatic heterocycles. The number of hydrogen-bond acceptors (Lipinski definition) is 3. The lowest BCUT2D eigenvalue weighted by Crippen LogP contribution is -2.17. The van der Waals surface area contributed by atoms with E-state index in [-0.39, 0.29) is 11.6 Å². The molecule has 4 nitrogen and oxygen atoms in total. The third-order valence-electron chi connectivity index (χ3n) is 3.87. The predicted molar refractivity (Wildman–Crippen MR) is 79.2 cm³/mol. The van der Waals surface area contributed by atoms with Crippen molar-refractivity contribution in [2.45, 2.75) is 49.8 Å². The van der Waals surface area contributed by atoms with Crippen molar-refractivity contribution in [3.8, 4) is 0 Å². The Balaban J connectivity index is 2.03. The summed E-state index contributed by atoms with van der Waals surface area (Å²) >= 11 is 0. The summed E-state index contributed by atoms with van der Waals surface area (Å²) in [4.78, 5) is 11.6. The number of para-hydroxylation sites is 1. The maximum Gasteiger partial charge on any atom is 0.334 e. The van der Waals surface area contributed by atoms with Gasteiger partial charge < -0.3 is 5.32 Å². The third-order valence-corrected chi connectivity index (χ3v) is 4.75. The second kappa shape index (κ2) is 7.02. The maximum atomic E-state index is 13.2. The monoisotopic (exact) mass is 313 g/mol. The number of hydrogen-bond donors (Lipinski definition) is 1. The van der Waals surface area contributed by atoms with Crippen LogP contribution in [0.4, 0.5) is 9.57 Å². The molecule has 1 aromatic rings. The van der Waals surface area contributed by atoms with Gasteiger partial charge in [0.2, 0.25) is 5.91 Å². The first-order valence-corrected chi connectivity index (χ1v) is 8.69. The Morgan fingerprint density at radius 1 is 1.14 bits per heavy atom. The van der Waals surface area contributed by atoms with Gasteiger partial charge in [0.05, 0.1) is 5.69 Å². The second-order valence-corrected chi connectivity index (χ2v) is 6.86. The minimum Gasteiger partial charge on any atom is -0.325 e. The van der Waals surface area contributed by atoms with Gasteiger partial charge in [-0.2, -0.15) is 8.42 Å². The minimum atomic E-state index is -4.83. The molecule has 0 spiro atoms. The fourth-order valence-corrected chi connectivity index (χ4v) is 3.44. The van der Waals surface area contributed by atoms with Gasteiger partial charge in [0.1, 0.15) is 4.90 Å². The van der Waals surface area contributed by atoms with E-state index in [1.54, 1.807) is 6.07 Å². The number of halogens is 1. The Bertz CT molecular complexity index is 593. The molecule has 0 unspecified atom stereocenters. The van der Waals surface area contributed by atoms with E-state index in [9.17, 15) is 17.1 Å². The van der Waals surface area contributed by atoms with Crippen LogP contribution in [0.15, 0.2) is 29.2 Å². The Labute approximate surface area is 125 Å². The fraction of sp³-hybridized carbons (Fsp3) is 0.533. The van der Waals surface area contributed by atoms with Crippen LogP contribution in [0, 0.1) is 5.92 Å². The van der Waals surface area contributed by atoms with Gasteiger partial charge in [0.15, 0.2) is 0 Å². The summed E-state index contributed by atoms with van der Waals surface area (Å²) in [7, 11) is -4.83. The number of amides is 1. The zero-order valence-electron chi connectivity index (χ0n) is 11.8. The minimum absolute atomic E-state index is 0.0126. The molecule has 1 amide bonds. The Hall–Kier alpha value is -1.43. The average molecular weight is 313 g/mol. The maximum absolute atomic E-state index is 13.2. The highest BCUT2D eigenvalue weighted by Gasteiger charge is 2.20. The topological polar surface area (TPSA) is 63.2 Å². The molecule has 0 bridgehead atoms. The van der Waals surface area contributed by atoms with Crippen LogP contribution in [0.5, 0.6) is 0 Å². The van der Waals surface area contributed by atoms with Gasteiger partial charge in [-0.15, -0.1) is 3.89 Å². The quantitative estimate of drug-likeness (QED) is 0.682. The summed E-state index contributed by atoms with van der Waals surface area (Å²) in [6.07, 6.45) is 7.09. The van der Waals surface area contributed by atoms with E-state index in [4.69, 9.17) is 0 Å². The molecular weight excluding hydrogens is 293 g/mol. The molecule has 1 fully saturated rings. The van der Waals surface area contributed by atoms with Crippen LogP contribution in [0.25, 0.3) is 0 Å². The molecule has 0 saturated heterocycles. The molecule has 6 heteroatoms. The molecule has 2 rings (SSSR count). The van der Waals surface area contributed by atoms with Gasteiger partial charge in [-0.25, -0.2) is 0 Å². The van der Waals surface area contributed by atoms with Crippen LogP contribution < -0.4 is 5.32 Å². The molecule has 1 aliphatic carbocycles. The van der Waals surface area contributed by atoms with Crippen LogP contribution in [0.2, 0.25) is 0 Å². The van der Waals surface area contributed by atoms with Crippen LogP contribution in [-0.2, 0) is 15.0 Å². The van der Waals surface area contributed by atoms with Crippen molar-refractivity contribution in [2.24, 2.45) is 5.92 Å². The lowest BCUT2D eigenvalue weighted by atomic mass is 9.96. The van der Waals surface area contributed by atoms with E-state index in [0.29, 0.717) is 12.3 Å². The first kappa shape index (κ1) is 15.9. The summed E-state index contributed by atoms with van der Waals surface area (Å²) in [6.45, 7) is 0. The second-order valence-electron chi connectivity index (χ2n) is 5.54. The van der Waals surface area contributed by atoms with E-state index in [1.807, 2.05) is 0 Å². The van der Waals surface area contributed by atoms with E-state index >= 15 is 0 Å². The fourth-order valence-electron chi connectivity index (χ4n) is 2.81. The Morgan fingerprint density at radius 2 is 1.76 bits per heavy atom. The lowest BCUT2D eigenvalue weighted by Gasteiger charge is -2.14. The molecule has 0 radical (unpaired) electrons. The van der Waals surface area contributed by atoms with Crippen molar-refractivity contribution in [3.05, 3.63) is 24.3 Å². The van der Waals surface area contributed by atoms with Crippen molar-refractivity contribution in [3.63, 3.8) is 0 Å². The molecule has 0 atom stereocenters. The van der Waals surface area contributed by atoms with Gasteiger partial charge in [0, 0.05) is 6.42 Å². The Kier molecular flexibility index (Phi) is 5.33. The zero-order valence-corrected chi connectivity index (χ0v) is 12.7. The largest absolute Gasteiger partial charge is 0.334 e. The summed E-state index contributed by atoms with van der Waals surface area (Å²) < 4.78 is 35.3. The van der Waals surface area contributed by atoms with E-state index in [2.05, 4.69) is 5.32 Å². The first-order valence-electron chi connectivity index (χ1n) is 7.30. The molecule has 21 heavy (non-hydrogen) atoms. The van der Waals surface area contributed by atoms with E-state index in [1.165, 1.54) is 25.0 Å². The number of rotatable bonds is 4. The van der Waals surface area contributed by atoms with Crippen molar-refractivity contribution in [2.75, 3.05) is 5.32 Å². The molecule has 1 aromatic carbocycles. The summed E-state index contributed by atoms with van der Waals surface area (Å²) in [5.74, 6) is 0.0830. The molecule has 0 heterocycles. The smallest absolute Gasteiger partial charge is 0.325 e. The average Bonchev–Trinajstić information content (AvgIpc) is 2.66. The lowest BCUT2D eigenvalue weighted by molar-refractivity contribution is -0.117. The molecule has 116 valence electrons. The highest BCUT2D eigenvalue weighted by atomic mass is 32.3. The first-order chi connectivity index (χ1) is 9.97. The van der Waals surface area contributed by atoms with Crippen molar-refractivity contribution < 1.29 is 17.1 Å². The molecule has 1 saturated carbocycles. The summed E-state index contributed by atoms with van der Waals surface area (Å²) in [6, 6.07) is 5.54. The zero-order chi connectivity index (χ0) is 15.3. The number of nitrogens with one attached hydrogen (secondary N) is 1. The molecular formula is C15H20FNO3S. The number of anilines is 1. The van der Waals surface area contributed by atoms with Crippen molar-refractivity contribution >= 4 is 21.8 Å². The van der Waals surface area contributed by atoms with Crippen LogP contribution in [0.3, 0.4) is 0 Å². The van der Waals surface area contributed by atoms with Gasteiger partial charge in [-0.3, -0.25) is 4.79 Å². The molecule has 1 aliphatic rings. The number of carbonyl (C=O) groups is 1. The Morgan fingerprint density at radius 3 is 2.38 bits per heavy atom. The van der Waals surface area contributed by atoms with Gasteiger partial charge >= 0.3 is 10.2 Å². The van der Waals surface area contributed by atoms with Crippen molar-refractivity contribution in [1.29, 1.82) is 0 Å². The standard InChI is InChI=1S/C15H20FNO3S/c16-21(19,20)14-10-6-5-9-13(14)17-15(18)11-12-7-3-1-2-4-8-12/h5-6,9-10,12H,1-4,7-8,11H2,(H,17,18). The highest BCUT2D eigenvalue weighted by molar-refractivity contribution is 7.86. The van der Waals surface area contributed by atoms with E-state index in [0.717, 1.165) is 31.7 Å². The summed E-state index contributed by atoms with van der Waals surface area (Å²) in [5.41, 5.74) is 0.0126. The SMILES string of the molecule is O=C(CC1CCCCCC1)Nc1ccccc1S(=O)(=O)F. The van der Waals surface area contributed by atoms with Crippen molar-refractivity contribution in [1.82, 2.24) is 0 Å². The van der Waals surface area contributed by atoms with Gasteiger partial charge in [-0.1, -0.05) is 37.8 Å². The molecule has 1 N–H and O–H groups in total. The third kappa shape index (κ3) is 4.81. The van der Waals surface area contributed by atoms with Gasteiger partial charge in [-0.05, 0) is 30.9 Å². The number of benzene rings is 1. The summed E-state index contributed by atoms with van der Waals surface area (Å²) in [5, 5.41) is 2.53. The highest BCUT2D eigenvalue weighted by Crippen LogP contribution is 2.27. The van der Waals surface area contributed by atoms with E-state index < -0.39 is 15.1 Å². The number of carbonyl (C=O) groups excluding carboxylic acids is 1.